The van der Waals surface area contributed by atoms with Gasteiger partial charge in [0.15, 0.2) is 5.82 Å². The SMILES string of the molecule is CCc1nc2sc([C@H](c3ccco3)N3CCCCC3)c(O)n2n1. The predicted octanol–water partition coefficient (Wildman–Crippen LogP) is 3.23. The molecule has 0 amide bonds. The van der Waals surface area contributed by atoms with E-state index in [-0.39, 0.29) is 11.9 Å². The van der Waals surface area contributed by atoms with E-state index in [0.29, 0.717) is 0 Å². The topological polar surface area (TPSA) is 66.8 Å². The van der Waals surface area contributed by atoms with Gasteiger partial charge in [0.05, 0.1) is 11.1 Å². The summed E-state index contributed by atoms with van der Waals surface area (Å²) in [5, 5.41) is 15.1. The average molecular weight is 332 g/mol. The van der Waals surface area contributed by atoms with Crippen LogP contribution in [-0.2, 0) is 6.42 Å². The lowest BCUT2D eigenvalue weighted by Crippen LogP contribution is -2.33. The third kappa shape index (κ3) is 2.53. The van der Waals surface area contributed by atoms with E-state index < -0.39 is 0 Å². The first-order chi connectivity index (χ1) is 11.3. The number of aryl methyl sites for hydroxylation is 1. The summed E-state index contributed by atoms with van der Waals surface area (Å²) < 4.78 is 7.23. The Morgan fingerprint density at radius 3 is 2.83 bits per heavy atom. The van der Waals surface area contributed by atoms with E-state index in [1.165, 1.54) is 30.6 Å². The van der Waals surface area contributed by atoms with Crippen LogP contribution in [0.3, 0.4) is 0 Å². The molecule has 1 saturated heterocycles. The highest BCUT2D eigenvalue weighted by atomic mass is 32.1. The number of aromatic nitrogens is 3. The van der Waals surface area contributed by atoms with Gasteiger partial charge in [-0.15, -0.1) is 5.10 Å². The summed E-state index contributed by atoms with van der Waals surface area (Å²) in [6.07, 6.45) is 6.08. The highest BCUT2D eigenvalue weighted by Gasteiger charge is 2.32. The Hall–Kier alpha value is -1.86. The summed E-state index contributed by atoms with van der Waals surface area (Å²) in [7, 11) is 0. The number of hydrogen-bond acceptors (Lipinski definition) is 6. The second kappa shape index (κ2) is 5.98. The van der Waals surface area contributed by atoms with Gasteiger partial charge in [-0.2, -0.15) is 4.52 Å². The van der Waals surface area contributed by atoms with E-state index in [9.17, 15) is 5.11 Å². The van der Waals surface area contributed by atoms with Crippen molar-refractivity contribution in [3.63, 3.8) is 0 Å². The van der Waals surface area contributed by atoms with Crippen LogP contribution >= 0.6 is 11.3 Å². The molecule has 4 rings (SSSR count). The number of aromatic hydroxyl groups is 1. The van der Waals surface area contributed by atoms with Crippen molar-refractivity contribution < 1.29 is 9.52 Å². The molecular weight excluding hydrogens is 312 g/mol. The van der Waals surface area contributed by atoms with Crippen LogP contribution in [0.4, 0.5) is 0 Å². The molecule has 4 heterocycles. The smallest absolute Gasteiger partial charge is 0.230 e. The molecule has 1 atom stereocenters. The van der Waals surface area contributed by atoms with Gasteiger partial charge >= 0.3 is 0 Å². The van der Waals surface area contributed by atoms with E-state index in [4.69, 9.17) is 4.42 Å². The third-order valence-corrected chi connectivity index (χ3v) is 5.45. The number of hydrogen-bond donors (Lipinski definition) is 1. The van der Waals surface area contributed by atoms with Gasteiger partial charge in [-0.3, -0.25) is 4.90 Å². The monoisotopic (exact) mass is 332 g/mol. The van der Waals surface area contributed by atoms with E-state index in [0.717, 1.165) is 40.9 Å². The minimum atomic E-state index is -0.0659. The van der Waals surface area contributed by atoms with Gasteiger partial charge in [0.25, 0.3) is 0 Å². The Kier molecular flexibility index (Phi) is 3.82. The Morgan fingerprint density at radius 1 is 1.35 bits per heavy atom. The fraction of sp³-hybridized carbons (Fsp3) is 0.500. The summed E-state index contributed by atoms with van der Waals surface area (Å²) in [6, 6.07) is 3.81. The molecule has 23 heavy (non-hydrogen) atoms. The zero-order chi connectivity index (χ0) is 15.8. The molecule has 0 spiro atoms. The quantitative estimate of drug-likeness (QED) is 0.794. The number of thiazole rings is 1. The van der Waals surface area contributed by atoms with Crippen molar-refractivity contribution in [2.24, 2.45) is 0 Å². The molecule has 0 radical (unpaired) electrons. The third-order valence-electron chi connectivity index (χ3n) is 4.38. The normalized spacial score (nSPS) is 17.8. The summed E-state index contributed by atoms with van der Waals surface area (Å²) in [6.45, 7) is 4.04. The standard InChI is InChI=1S/C16H20N4O2S/c1-2-12-17-16-20(18-12)15(21)14(23-16)13(11-7-6-10-22-11)19-8-4-3-5-9-19/h6-7,10,13,21H,2-5,8-9H2,1H3/t13-/m0/s1. The molecule has 0 aliphatic carbocycles. The lowest BCUT2D eigenvalue weighted by molar-refractivity contribution is 0.169. The summed E-state index contributed by atoms with van der Waals surface area (Å²) in [4.78, 5) is 8.47. The van der Waals surface area contributed by atoms with Gasteiger partial charge < -0.3 is 9.52 Å². The van der Waals surface area contributed by atoms with Crippen molar-refractivity contribution in [3.8, 4) is 5.88 Å². The molecule has 7 heteroatoms. The molecule has 1 aliphatic rings. The molecule has 3 aromatic heterocycles. The summed E-state index contributed by atoms with van der Waals surface area (Å²) in [5.74, 6) is 1.80. The second-order valence-electron chi connectivity index (χ2n) is 5.88. The van der Waals surface area contributed by atoms with E-state index in [2.05, 4.69) is 15.0 Å². The molecule has 1 N–H and O–H groups in total. The summed E-state index contributed by atoms with van der Waals surface area (Å²) >= 11 is 1.50. The Bertz CT molecular complexity index is 787. The maximum Gasteiger partial charge on any atom is 0.230 e. The average Bonchev–Trinajstić information content (AvgIpc) is 3.29. The van der Waals surface area contributed by atoms with Gasteiger partial charge in [-0.1, -0.05) is 24.7 Å². The van der Waals surface area contributed by atoms with Crippen LogP contribution < -0.4 is 0 Å². The molecule has 1 aliphatic heterocycles. The molecule has 0 bridgehead atoms. The number of fused-ring (bicyclic) bond motifs is 1. The van der Waals surface area contributed by atoms with Crippen LogP contribution in [-0.4, -0.2) is 37.7 Å². The van der Waals surface area contributed by atoms with Crippen molar-refractivity contribution in [1.29, 1.82) is 0 Å². The lowest BCUT2D eigenvalue weighted by atomic mass is 10.1. The van der Waals surface area contributed by atoms with Crippen LogP contribution in [0, 0.1) is 0 Å². The molecule has 0 saturated carbocycles. The fourth-order valence-corrected chi connectivity index (χ4v) is 4.33. The molecule has 6 nitrogen and oxygen atoms in total. The largest absolute Gasteiger partial charge is 0.492 e. The molecule has 122 valence electrons. The van der Waals surface area contributed by atoms with Gasteiger partial charge in [0, 0.05) is 6.42 Å². The molecular formula is C16H20N4O2S. The zero-order valence-corrected chi connectivity index (χ0v) is 13.9. The number of rotatable bonds is 4. The second-order valence-corrected chi connectivity index (χ2v) is 6.89. The van der Waals surface area contributed by atoms with Gasteiger partial charge in [0.1, 0.15) is 11.8 Å². The fourth-order valence-electron chi connectivity index (χ4n) is 3.22. The predicted molar refractivity (Wildman–Crippen MR) is 87.9 cm³/mol. The van der Waals surface area contributed by atoms with Crippen molar-refractivity contribution in [2.75, 3.05) is 13.1 Å². The first-order valence-electron chi connectivity index (χ1n) is 8.12. The minimum absolute atomic E-state index is 0.0659. The molecule has 3 aromatic rings. The number of likely N-dealkylation sites (tertiary alicyclic amines) is 1. The molecule has 0 unspecified atom stereocenters. The highest BCUT2D eigenvalue weighted by Crippen LogP contribution is 2.40. The van der Waals surface area contributed by atoms with E-state index in [1.54, 1.807) is 10.8 Å². The van der Waals surface area contributed by atoms with Crippen LogP contribution in [0.1, 0.15) is 48.7 Å². The lowest BCUT2D eigenvalue weighted by Gasteiger charge is -2.32. The Balaban J connectivity index is 1.79. The first kappa shape index (κ1) is 14.7. The van der Waals surface area contributed by atoms with Gasteiger partial charge in [0.2, 0.25) is 10.8 Å². The van der Waals surface area contributed by atoms with Crippen molar-refractivity contribution in [1.82, 2.24) is 19.5 Å². The number of nitrogens with zero attached hydrogens (tertiary/aromatic N) is 4. The number of piperidine rings is 1. The number of furan rings is 1. The molecule has 1 fully saturated rings. The van der Waals surface area contributed by atoms with Gasteiger partial charge in [-0.25, -0.2) is 4.98 Å². The Labute approximate surface area is 138 Å². The minimum Gasteiger partial charge on any atom is -0.492 e. The zero-order valence-electron chi connectivity index (χ0n) is 13.1. The van der Waals surface area contributed by atoms with Crippen molar-refractivity contribution >= 4 is 16.3 Å². The molecule has 0 aromatic carbocycles. The van der Waals surface area contributed by atoms with Crippen molar-refractivity contribution in [2.45, 2.75) is 38.6 Å². The van der Waals surface area contributed by atoms with Crippen molar-refractivity contribution in [3.05, 3.63) is 34.9 Å². The first-order valence-corrected chi connectivity index (χ1v) is 8.94. The van der Waals surface area contributed by atoms with E-state index in [1.807, 2.05) is 19.1 Å². The van der Waals surface area contributed by atoms with Gasteiger partial charge in [-0.05, 0) is 38.1 Å². The van der Waals surface area contributed by atoms with Crippen LogP contribution in [0.25, 0.3) is 4.96 Å². The van der Waals surface area contributed by atoms with Crippen LogP contribution in [0.2, 0.25) is 0 Å². The highest BCUT2D eigenvalue weighted by molar-refractivity contribution is 7.17. The Morgan fingerprint density at radius 2 is 2.17 bits per heavy atom. The maximum absolute atomic E-state index is 10.7. The van der Waals surface area contributed by atoms with Crippen LogP contribution in [0.5, 0.6) is 5.88 Å². The van der Waals surface area contributed by atoms with E-state index >= 15 is 0 Å². The van der Waals surface area contributed by atoms with Crippen LogP contribution in [0.15, 0.2) is 22.8 Å². The maximum atomic E-state index is 10.7. The summed E-state index contributed by atoms with van der Waals surface area (Å²) in [5.41, 5.74) is 0.